The van der Waals surface area contributed by atoms with Gasteiger partial charge in [0.05, 0.1) is 0 Å². The third kappa shape index (κ3) is 2.82. The van der Waals surface area contributed by atoms with Crippen molar-refractivity contribution in [3.63, 3.8) is 0 Å². The maximum atomic E-state index is 3.46. The molecule has 1 nitrogen and oxygen atoms in total. The molecule has 0 fully saturated rings. The molecular formula is C13H21NS2. The van der Waals surface area contributed by atoms with E-state index in [9.17, 15) is 0 Å². The van der Waals surface area contributed by atoms with E-state index in [-0.39, 0.29) is 0 Å². The fourth-order valence-corrected chi connectivity index (χ4v) is 4.69. The molecule has 3 heteroatoms. The number of hydrogen-bond donors (Lipinski definition) is 1. The van der Waals surface area contributed by atoms with E-state index in [4.69, 9.17) is 0 Å². The number of hydrogen-bond acceptors (Lipinski definition) is 3. The van der Waals surface area contributed by atoms with Crippen molar-refractivity contribution in [2.75, 3.05) is 12.8 Å². The van der Waals surface area contributed by atoms with Crippen LogP contribution in [0.1, 0.15) is 41.6 Å². The lowest BCUT2D eigenvalue weighted by atomic mass is 10.0. The average Bonchev–Trinajstić information content (AvgIpc) is 2.68. The van der Waals surface area contributed by atoms with E-state index in [2.05, 4.69) is 44.0 Å². The highest BCUT2D eigenvalue weighted by Gasteiger charge is 2.18. The first-order valence-electron chi connectivity index (χ1n) is 6.07. The number of nitrogens with one attached hydrogen (secondary N) is 1. The fraction of sp³-hybridized carbons (Fsp3) is 0.692. The molecule has 90 valence electrons. The van der Waals surface area contributed by atoms with Gasteiger partial charge < -0.3 is 5.32 Å². The van der Waals surface area contributed by atoms with E-state index in [1.54, 1.807) is 15.3 Å². The summed E-state index contributed by atoms with van der Waals surface area (Å²) in [7, 11) is 2.08. The summed E-state index contributed by atoms with van der Waals surface area (Å²) in [6.07, 6.45) is 2.52. The van der Waals surface area contributed by atoms with Crippen LogP contribution < -0.4 is 5.32 Å². The molecule has 2 rings (SSSR count). The van der Waals surface area contributed by atoms with Crippen LogP contribution in [0.4, 0.5) is 0 Å². The molecular weight excluding hydrogens is 234 g/mol. The molecule has 1 unspecified atom stereocenters. The smallest absolute Gasteiger partial charge is 0.0415 e. The normalized spacial score (nSPS) is 17.5. The number of thioether (sulfide) groups is 1. The van der Waals surface area contributed by atoms with Crippen molar-refractivity contribution in [2.45, 2.75) is 38.5 Å². The zero-order chi connectivity index (χ0) is 11.5. The molecule has 0 aliphatic carbocycles. The molecule has 1 atom stereocenters. The van der Waals surface area contributed by atoms with Crippen LogP contribution in [-0.2, 0) is 12.2 Å². The zero-order valence-corrected chi connectivity index (χ0v) is 12.0. The molecule has 0 bridgehead atoms. The van der Waals surface area contributed by atoms with Gasteiger partial charge in [-0.3, -0.25) is 0 Å². The molecule has 0 aromatic carbocycles. The van der Waals surface area contributed by atoms with E-state index >= 15 is 0 Å². The average molecular weight is 255 g/mol. The minimum Gasteiger partial charge on any atom is -0.312 e. The molecule has 0 saturated heterocycles. The zero-order valence-electron chi connectivity index (χ0n) is 10.4. The number of thiophene rings is 1. The number of rotatable bonds is 4. The van der Waals surface area contributed by atoms with Gasteiger partial charge in [-0.2, -0.15) is 11.8 Å². The van der Waals surface area contributed by atoms with Gasteiger partial charge in [0.1, 0.15) is 0 Å². The first-order valence-corrected chi connectivity index (χ1v) is 8.04. The van der Waals surface area contributed by atoms with Gasteiger partial charge in [-0.1, -0.05) is 13.8 Å². The molecule has 1 aromatic rings. The van der Waals surface area contributed by atoms with E-state index in [0.717, 1.165) is 5.92 Å². The Morgan fingerprint density at radius 3 is 2.88 bits per heavy atom. The van der Waals surface area contributed by atoms with Crippen molar-refractivity contribution in [1.29, 1.82) is 0 Å². The highest BCUT2D eigenvalue weighted by Crippen LogP contribution is 2.35. The van der Waals surface area contributed by atoms with E-state index in [0.29, 0.717) is 6.04 Å². The highest BCUT2D eigenvalue weighted by molar-refractivity contribution is 7.98. The van der Waals surface area contributed by atoms with Gasteiger partial charge in [-0.05, 0) is 43.2 Å². The maximum Gasteiger partial charge on any atom is 0.0415 e. The second-order valence-electron chi connectivity index (χ2n) is 4.87. The summed E-state index contributed by atoms with van der Waals surface area (Å²) in [5, 5.41) is 3.46. The van der Waals surface area contributed by atoms with E-state index < -0.39 is 0 Å². The van der Waals surface area contributed by atoms with Crippen LogP contribution in [0.3, 0.4) is 0 Å². The van der Waals surface area contributed by atoms with Crippen molar-refractivity contribution >= 4 is 23.1 Å². The first-order chi connectivity index (χ1) is 7.70. The van der Waals surface area contributed by atoms with Crippen LogP contribution in [0, 0.1) is 5.92 Å². The molecule has 1 aromatic heterocycles. The molecule has 0 amide bonds. The van der Waals surface area contributed by atoms with Crippen molar-refractivity contribution in [3.05, 3.63) is 21.4 Å². The van der Waals surface area contributed by atoms with Gasteiger partial charge in [0.25, 0.3) is 0 Å². The molecule has 0 spiro atoms. The summed E-state index contributed by atoms with van der Waals surface area (Å²) in [4.78, 5) is 3.18. The fourth-order valence-electron chi connectivity index (χ4n) is 2.19. The third-order valence-corrected chi connectivity index (χ3v) is 5.40. The van der Waals surface area contributed by atoms with Crippen LogP contribution in [0.25, 0.3) is 0 Å². The summed E-state index contributed by atoms with van der Waals surface area (Å²) in [5.41, 5.74) is 1.60. The Morgan fingerprint density at radius 1 is 1.44 bits per heavy atom. The molecule has 16 heavy (non-hydrogen) atoms. The quantitative estimate of drug-likeness (QED) is 0.877. The maximum absolute atomic E-state index is 3.46. The van der Waals surface area contributed by atoms with Crippen molar-refractivity contribution in [3.8, 4) is 0 Å². The summed E-state index contributed by atoms with van der Waals surface area (Å²) in [6.45, 7) is 4.60. The standard InChI is InChI=1S/C13H21NS2/c1-9(2)6-11(14-3)13-7-10-8-15-5-4-12(10)16-13/h7,9,11,14H,4-6,8H2,1-3H3. The Labute approximate surface area is 107 Å². The van der Waals surface area contributed by atoms with Crippen LogP contribution >= 0.6 is 23.1 Å². The van der Waals surface area contributed by atoms with Gasteiger partial charge >= 0.3 is 0 Å². The van der Waals surface area contributed by atoms with Gasteiger partial charge in [0.15, 0.2) is 0 Å². The second-order valence-corrected chi connectivity index (χ2v) is 7.14. The molecule has 1 N–H and O–H groups in total. The number of fused-ring (bicyclic) bond motifs is 1. The predicted molar refractivity (Wildman–Crippen MR) is 75.4 cm³/mol. The summed E-state index contributed by atoms with van der Waals surface area (Å²) < 4.78 is 0. The van der Waals surface area contributed by atoms with Crippen molar-refractivity contribution < 1.29 is 0 Å². The third-order valence-electron chi connectivity index (χ3n) is 3.05. The Morgan fingerprint density at radius 2 is 2.25 bits per heavy atom. The van der Waals surface area contributed by atoms with Crippen molar-refractivity contribution in [2.24, 2.45) is 5.92 Å². The lowest BCUT2D eigenvalue weighted by Gasteiger charge is -2.16. The predicted octanol–water partition coefficient (Wildman–Crippen LogP) is 3.84. The largest absolute Gasteiger partial charge is 0.312 e. The second kappa shape index (κ2) is 5.56. The van der Waals surface area contributed by atoms with E-state index in [1.807, 2.05) is 11.3 Å². The first kappa shape index (κ1) is 12.5. The van der Waals surface area contributed by atoms with Gasteiger partial charge in [0.2, 0.25) is 0 Å². The number of aryl methyl sites for hydroxylation is 1. The molecule has 0 saturated carbocycles. The minimum atomic E-state index is 0.556. The topological polar surface area (TPSA) is 12.0 Å². The summed E-state index contributed by atoms with van der Waals surface area (Å²) in [5.74, 6) is 3.29. The van der Waals surface area contributed by atoms with Crippen LogP contribution in [0.2, 0.25) is 0 Å². The highest BCUT2D eigenvalue weighted by atomic mass is 32.2. The summed E-state index contributed by atoms with van der Waals surface area (Å²) >= 11 is 4.10. The van der Waals surface area contributed by atoms with Crippen LogP contribution in [-0.4, -0.2) is 12.8 Å². The molecule has 1 aliphatic rings. The summed E-state index contributed by atoms with van der Waals surface area (Å²) in [6, 6.07) is 3.00. The van der Waals surface area contributed by atoms with Crippen LogP contribution in [0.5, 0.6) is 0 Å². The van der Waals surface area contributed by atoms with Gasteiger partial charge in [-0.15, -0.1) is 11.3 Å². The Bertz CT molecular complexity index is 320. The Kier molecular flexibility index (Phi) is 4.34. The molecule has 0 radical (unpaired) electrons. The van der Waals surface area contributed by atoms with Crippen molar-refractivity contribution in [1.82, 2.24) is 5.32 Å². The van der Waals surface area contributed by atoms with Crippen LogP contribution in [0.15, 0.2) is 6.07 Å². The molecule has 2 heterocycles. The monoisotopic (exact) mass is 255 g/mol. The lowest BCUT2D eigenvalue weighted by molar-refractivity contribution is 0.462. The van der Waals surface area contributed by atoms with E-state index in [1.165, 1.54) is 24.3 Å². The minimum absolute atomic E-state index is 0.556. The van der Waals surface area contributed by atoms with Gasteiger partial charge in [-0.25, -0.2) is 0 Å². The van der Waals surface area contributed by atoms with Gasteiger partial charge in [0, 0.05) is 21.5 Å². The Balaban J connectivity index is 2.15. The molecule has 1 aliphatic heterocycles. The SMILES string of the molecule is CNC(CC(C)C)c1cc2c(s1)CCSC2. The Hall–Kier alpha value is 0.01000. The lowest BCUT2D eigenvalue weighted by Crippen LogP contribution is -2.17.